The maximum absolute atomic E-state index is 11.7. The number of rotatable bonds is 5. The predicted molar refractivity (Wildman–Crippen MR) is 61.8 cm³/mol. The monoisotopic (exact) mass is 213 g/mol. The average molecular weight is 213 g/mol. The highest BCUT2D eigenvalue weighted by atomic mass is 16.2. The Balaban J connectivity index is 2.21. The molecule has 1 amide bonds. The van der Waals surface area contributed by atoms with Crippen LogP contribution in [-0.4, -0.2) is 49.6 Å². The normalized spacial score (nSPS) is 21.7. The Labute approximate surface area is 92.4 Å². The van der Waals surface area contributed by atoms with Crippen molar-refractivity contribution in [3.05, 3.63) is 0 Å². The summed E-state index contributed by atoms with van der Waals surface area (Å²) in [5.41, 5.74) is 0. The van der Waals surface area contributed by atoms with Gasteiger partial charge in [0, 0.05) is 12.6 Å². The third-order valence-electron chi connectivity index (χ3n) is 2.92. The van der Waals surface area contributed by atoms with Crippen molar-refractivity contribution in [2.24, 2.45) is 0 Å². The van der Waals surface area contributed by atoms with Gasteiger partial charge in [0.05, 0.1) is 6.54 Å². The molecule has 0 radical (unpaired) electrons. The number of piperidine rings is 1. The predicted octanol–water partition coefficient (Wildman–Crippen LogP) is 0.196. The van der Waals surface area contributed by atoms with Gasteiger partial charge in [-0.25, -0.2) is 0 Å². The Hall–Kier alpha value is -0.610. The van der Waals surface area contributed by atoms with Crippen LogP contribution in [-0.2, 0) is 4.79 Å². The van der Waals surface area contributed by atoms with Crippen molar-refractivity contribution in [2.45, 2.75) is 32.7 Å². The summed E-state index contributed by atoms with van der Waals surface area (Å²) in [6.45, 7) is 8.58. The first kappa shape index (κ1) is 12.5. The molecule has 0 aromatic heterocycles. The number of nitrogens with zero attached hydrogens (tertiary/aromatic N) is 1. The standard InChI is InChI=1S/C11H23N3O/c1-3-14(4-2)9-11(15)13-10-6-5-7-12-8-10/h10,12H,3-9H2,1-2H3,(H,13,15)/t10-/m0/s1. The maximum atomic E-state index is 11.7. The smallest absolute Gasteiger partial charge is 0.234 e. The molecule has 0 aromatic rings. The van der Waals surface area contributed by atoms with Crippen LogP contribution in [0.1, 0.15) is 26.7 Å². The van der Waals surface area contributed by atoms with Gasteiger partial charge in [-0.2, -0.15) is 0 Å². The number of hydrogen-bond acceptors (Lipinski definition) is 3. The summed E-state index contributed by atoms with van der Waals surface area (Å²) < 4.78 is 0. The van der Waals surface area contributed by atoms with Crippen molar-refractivity contribution in [2.75, 3.05) is 32.7 Å². The molecule has 1 aliphatic heterocycles. The minimum atomic E-state index is 0.160. The topological polar surface area (TPSA) is 44.4 Å². The van der Waals surface area contributed by atoms with E-state index in [4.69, 9.17) is 0 Å². The molecule has 0 aliphatic carbocycles. The molecule has 1 heterocycles. The second kappa shape index (κ2) is 6.80. The SMILES string of the molecule is CCN(CC)CC(=O)N[C@H]1CCCNC1. The number of nitrogens with one attached hydrogen (secondary N) is 2. The summed E-state index contributed by atoms with van der Waals surface area (Å²) in [6, 6.07) is 0.335. The summed E-state index contributed by atoms with van der Waals surface area (Å²) >= 11 is 0. The van der Waals surface area contributed by atoms with E-state index in [9.17, 15) is 4.79 Å². The number of carbonyl (C=O) groups is 1. The first-order valence-corrected chi connectivity index (χ1v) is 5.98. The molecular weight excluding hydrogens is 190 g/mol. The minimum Gasteiger partial charge on any atom is -0.351 e. The molecule has 1 aliphatic rings. The zero-order valence-corrected chi connectivity index (χ0v) is 9.88. The third kappa shape index (κ3) is 4.62. The molecule has 4 nitrogen and oxygen atoms in total. The van der Waals surface area contributed by atoms with Gasteiger partial charge in [-0.1, -0.05) is 13.8 Å². The van der Waals surface area contributed by atoms with Gasteiger partial charge >= 0.3 is 0 Å². The highest BCUT2D eigenvalue weighted by molar-refractivity contribution is 5.78. The fourth-order valence-corrected chi connectivity index (χ4v) is 1.90. The molecular formula is C11H23N3O. The summed E-state index contributed by atoms with van der Waals surface area (Å²) in [6.07, 6.45) is 2.27. The molecule has 0 aromatic carbocycles. The fourth-order valence-electron chi connectivity index (χ4n) is 1.90. The van der Waals surface area contributed by atoms with Gasteiger partial charge in [-0.3, -0.25) is 9.69 Å². The quantitative estimate of drug-likeness (QED) is 0.685. The van der Waals surface area contributed by atoms with Gasteiger partial charge in [-0.15, -0.1) is 0 Å². The zero-order chi connectivity index (χ0) is 11.1. The van der Waals surface area contributed by atoms with Crippen molar-refractivity contribution in [3.63, 3.8) is 0 Å². The van der Waals surface area contributed by atoms with Crippen molar-refractivity contribution in [3.8, 4) is 0 Å². The molecule has 15 heavy (non-hydrogen) atoms. The molecule has 0 saturated carbocycles. The van der Waals surface area contributed by atoms with Crippen molar-refractivity contribution < 1.29 is 4.79 Å². The Kier molecular flexibility index (Phi) is 5.65. The lowest BCUT2D eigenvalue weighted by Crippen LogP contribution is -2.48. The highest BCUT2D eigenvalue weighted by Gasteiger charge is 2.16. The Morgan fingerprint density at radius 2 is 2.20 bits per heavy atom. The molecule has 0 bridgehead atoms. The van der Waals surface area contributed by atoms with Crippen molar-refractivity contribution in [1.29, 1.82) is 0 Å². The Morgan fingerprint density at radius 1 is 1.47 bits per heavy atom. The fraction of sp³-hybridized carbons (Fsp3) is 0.909. The van der Waals surface area contributed by atoms with Crippen molar-refractivity contribution >= 4 is 5.91 Å². The summed E-state index contributed by atoms with van der Waals surface area (Å²) in [4.78, 5) is 13.8. The third-order valence-corrected chi connectivity index (χ3v) is 2.92. The van der Waals surface area contributed by atoms with Crippen LogP contribution in [0.3, 0.4) is 0 Å². The van der Waals surface area contributed by atoms with E-state index in [-0.39, 0.29) is 5.91 Å². The van der Waals surface area contributed by atoms with Gasteiger partial charge < -0.3 is 10.6 Å². The van der Waals surface area contributed by atoms with E-state index < -0.39 is 0 Å². The van der Waals surface area contributed by atoms with E-state index in [0.29, 0.717) is 12.6 Å². The van der Waals surface area contributed by atoms with Crippen LogP contribution >= 0.6 is 0 Å². The van der Waals surface area contributed by atoms with E-state index in [0.717, 1.165) is 39.0 Å². The summed E-state index contributed by atoms with van der Waals surface area (Å²) in [7, 11) is 0. The van der Waals surface area contributed by atoms with Crippen LogP contribution in [0.15, 0.2) is 0 Å². The van der Waals surface area contributed by atoms with Crippen LogP contribution in [0, 0.1) is 0 Å². The van der Waals surface area contributed by atoms with Crippen LogP contribution < -0.4 is 10.6 Å². The molecule has 4 heteroatoms. The van der Waals surface area contributed by atoms with E-state index in [1.165, 1.54) is 0 Å². The first-order chi connectivity index (χ1) is 7.26. The lowest BCUT2D eigenvalue weighted by molar-refractivity contribution is -0.123. The van der Waals surface area contributed by atoms with Gasteiger partial charge in [0.15, 0.2) is 0 Å². The molecule has 0 spiro atoms. The minimum absolute atomic E-state index is 0.160. The van der Waals surface area contributed by atoms with E-state index in [1.54, 1.807) is 0 Å². The second-order valence-corrected chi connectivity index (χ2v) is 4.07. The Morgan fingerprint density at radius 3 is 2.73 bits per heavy atom. The second-order valence-electron chi connectivity index (χ2n) is 4.07. The molecule has 2 N–H and O–H groups in total. The largest absolute Gasteiger partial charge is 0.351 e. The van der Waals surface area contributed by atoms with Crippen LogP contribution in [0.2, 0.25) is 0 Å². The molecule has 88 valence electrons. The van der Waals surface area contributed by atoms with E-state index >= 15 is 0 Å². The molecule has 1 rings (SSSR count). The van der Waals surface area contributed by atoms with Gasteiger partial charge in [-0.05, 0) is 32.5 Å². The number of likely N-dealkylation sites (N-methyl/N-ethyl adjacent to an activating group) is 1. The van der Waals surface area contributed by atoms with Gasteiger partial charge in [0.1, 0.15) is 0 Å². The molecule has 1 fully saturated rings. The lowest BCUT2D eigenvalue weighted by atomic mass is 10.1. The maximum Gasteiger partial charge on any atom is 0.234 e. The molecule has 1 atom stereocenters. The number of hydrogen-bond donors (Lipinski definition) is 2. The summed E-state index contributed by atoms with van der Waals surface area (Å²) in [5, 5.41) is 6.37. The lowest BCUT2D eigenvalue weighted by Gasteiger charge is -2.25. The number of carbonyl (C=O) groups excluding carboxylic acids is 1. The van der Waals surface area contributed by atoms with Crippen LogP contribution in [0.5, 0.6) is 0 Å². The first-order valence-electron chi connectivity index (χ1n) is 5.98. The van der Waals surface area contributed by atoms with E-state index in [1.807, 2.05) is 0 Å². The average Bonchev–Trinajstić information content (AvgIpc) is 2.27. The van der Waals surface area contributed by atoms with Gasteiger partial charge in [0.2, 0.25) is 5.91 Å². The Bertz CT molecular complexity index is 186. The molecule has 0 unspecified atom stereocenters. The van der Waals surface area contributed by atoms with Crippen LogP contribution in [0.4, 0.5) is 0 Å². The highest BCUT2D eigenvalue weighted by Crippen LogP contribution is 2.01. The molecule has 1 saturated heterocycles. The van der Waals surface area contributed by atoms with Crippen molar-refractivity contribution in [1.82, 2.24) is 15.5 Å². The van der Waals surface area contributed by atoms with E-state index in [2.05, 4.69) is 29.4 Å². The summed E-state index contributed by atoms with van der Waals surface area (Å²) in [5.74, 6) is 0.160. The zero-order valence-electron chi connectivity index (χ0n) is 9.88. The number of amides is 1. The van der Waals surface area contributed by atoms with Gasteiger partial charge in [0.25, 0.3) is 0 Å². The van der Waals surface area contributed by atoms with Crippen LogP contribution in [0.25, 0.3) is 0 Å².